The van der Waals surface area contributed by atoms with Gasteiger partial charge in [-0.2, -0.15) is 0 Å². The van der Waals surface area contributed by atoms with E-state index in [2.05, 4.69) is 4.98 Å². The molecule has 0 aromatic carbocycles. The molecule has 1 heterocycles. The summed E-state index contributed by atoms with van der Waals surface area (Å²) in [6, 6.07) is 1.36. The average Bonchev–Trinajstić information content (AvgIpc) is 1.83. The highest BCUT2D eigenvalue weighted by Gasteiger charge is 2.03. The van der Waals surface area contributed by atoms with Crippen LogP contribution in [-0.2, 0) is 0 Å². The van der Waals surface area contributed by atoms with Crippen LogP contribution in [0.4, 0.5) is 0 Å². The molecule has 0 aliphatic heterocycles. The Balaban J connectivity index is 3.25. The average molecular weight is 165 g/mol. The Morgan fingerprint density at radius 3 is 2.67 bits per heavy atom. The largest absolute Gasteiger partial charge is 0.709 e. The number of aromatic nitrogens is 2. The zero-order valence-corrected chi connectivity index (χ0v) is 5.73. The van der Waals surface area contributed by atoms with Crippen molar-refractivity contribution in [3.05, 3.63) is 27.9 Å². The normalized spacial score (nSPS) is 9.56. The molecule has 1 aromatic rings. The molecule has 0 aliphatic rings. The highest BCUT2D eigenvalue weighted by Crippen LogP contribution is 2.02. The minimum absolute atomic E-state index is 0.0231. The molecule has 0 saturated carbocycles. The van der Waals surface area contributed by atoms with Crippen molar-refractivity contribution in [1.29, 1.82) is 0 Å². The smallest absolute Gasteiger partial charge is 0.400 e. The van der Waals surface area contributed by atoms with E-state index in [-0.39, 0.29) is 10.4 Å². The van der Waals surface area contributed by atoms with Crippen LogP contribution in [0.25, 0.3) is 0 Å². The fourth-order valence-corrected chi connectivity index (χ4v) is 0.696. The van der Waals surface area contributed by atoms with Gasteiger partial charge in [0, 0.05) is 17.7 Å². The Hall–Kier alpha value is -0.540. The molecule has 0 amide bonds. The molecule has 0 saturated heterocycles. The van der Waals surface area contributed by atoms with Crippen LogP contribution < -0.4 is 4.73 Å². The second kappa shape index (κ2) is 2.37. The van der Waals surface area contributed by atoms with Crippen LogP contribution in [-0.4, -0.2) is 4.98 Å². The molecular formula is C4H2Cl2N2O. The Labute approximate surface area is 61.4 Å². The molecule has 0 radical (unpaired) electrons. The van der Waals surface area contributed by atoms with Crippen LogP contribution in [0.2, 0.25) is 10.4 Å². The topological polar surface area (TPSA) is 39.8 Å². The highest BCUT2D eigenvalue weighted by atomic mass is 35.5. The predicted octanol–water partition coefficient (Wildman–Crippen LogP) is 1.02. The molecular weight excluding hydrogens is 163 g/mol. The van der Waals surface area contributed by atoms with Gasteiger partial charge < -0.3 is 5.21 Å². The van der Waals surface area contributed by atoms with E-state index in [1.54, 1.807) is 0 Å². The minimum Gasteiger partial charge on any atom is -0.709 e. The summed E-state index contributed by atoms with van der Waals surface area (Å²) in [7, 11) is 0. The Morgan fingerprint density at radius 1 is 1.56 bits per heavy atom. The molecule has 48 valence electrons. The van der Waals surface area contributed by atoms with Crippen LogP contribution in [0.3, 0.4) is 0 Å². The first-order chi connectivity index (χ1) is 4.22. The lowest BCUT2D eigenvalue weighted by Gasteiger charge is -2.00. The van der Waals surface area contributed by atoms with Crippen molar-refractivity contribution in [2.75, 3.05) is 0 Å². The number of rotatable bonds is 0. The second-order valence-electron chi connectivity index (χ2n) is 1.33. The van der Waals surface area contributed by atoms with Gasteiger partial charge in [0.15, 0.2) is 0 Å². The van der Waals surface area contributed by atoms with E-state index < -0.39 is 0 Å². The van der Waals surface area contributed by atoms with Gasteiger partial charge in [-0.25, -0.2) is 4.73 Å². The lowest BCUT2D eigenvalue weighted by Crippen LogP contribution is -2.29. The molecule has 3 nitrogen and oxygen atoms in total. The zero-order valence-electron chi connectivity index (χ0n) is 4.21. The molecule has 0 N–H and O–H groups in total. The van der Waals surface area contributed by atoms with Gasteiger partial charge in [0.2, 0.25) is 5.15 Å². The van der Waals surface area contributed by atoms with Crippen molar-refractivity contribution in [3.63, 3.8) is 0 Å². The Bertz CT molecular complexity index is 208. The SMILES string of the molecule is [O-][n+]1c(Cl)ccnc1Cl. The molecule has 1 aromatic heterocycles. The summed E-state index contributed by atoms with van der Waals surface area (Å²) >= 11 is 10.6. The molecule has 0 aliphatic carbocycles. The van der Waals surface area contributed by atoms with Crippen LogP contribution in [0.1, 0.15) is 0 Å². The van der Waals surface area contributed by atoms with Gasteiger partial charge in [-0.15, -0.1) is 0 Å². The Morgan fingerprint density at radius 2 is 2.22 bits per heavy atom. The van der Waals surface area contributed by atoms with Crippen molar-refractivity contribution in [1.82, 2.24) is 4.98 Å². The van der Waals surface area contributed by atoms with Crippen molar-refractivity contribution in [2.24, 2.45) is 0 Å². The summed E-state index contributed by atoms with van der Waals surface area (Å²) in [5, 5.41) is 10.4. The standard InChI is InChI=1S/C4H2Cl2N2O/c5-3-1-2-7-4(6)8(3)9/h1-2H. The van der Waals surface area contributed by atoms with E-state index in [1.807, 2.05) is 0 Å². The van der Waals surface area contributed by atoms with E-state index in [9.17, 15) is 5.21 Å². The summed E-state index contributed by atoms with van der Waals surface area (Å²) in [4.78, 5) is 3.47. The molecule has 0 spiro atoms. The van der Waals surface area contributed by atoms with Gasteiger partial charge in [-0.3, -0.25) is 0 Å². The van der Waals surface area contributed by atoms with Gasteiger partial charge >= 0.3 is 5.28 Å². The number of hydrogen-bond acceptors (Lipinski definition) is 2. The highest BCUT2D eigenvalue weighted by molar-refractivity contribution is 6.30. The number of nitrogens with zero attached hydrogens (tertiary/aromatic N) is 2. The monoisotopic (exact) mass is 164 g/mol. The summed E-state index contributed by atoms with van der Waals surface area (Å²) in [6.07, 6.45) is 1.36. The molecule has 5 heteroatoms. The van der Waals surface area contributed by atoms with Gasteiger partial charge in [0.25, 0.3) is 0 Å². The molecule has 1 rings (SSSR count). The fourth-order valence-electron chi connectivity index (χ4n) is 0.369. The summed E-state index contributed by atoms with van der Waals surface area (Å²) < 4.78 is 0.336. The van der Waals surface area contributed by atoms with Crippen LogP contribution >= 0.6 is 23.2 Å². The number of hydrogen-bond donors (Lipinski definition) is 0. The maximum Gasteiger partial charge on any atom is 0.400 e. The summed E-state index contributed by atoms with van der Waals surface area (Å²) in [6.45, 7) is 0. The van der Waals surface area contributed by atoms with E-state index in [1.165, 1.54) is 12.3 Å². The lowest BCUT2D eigenvalue weighted by molar-refractivity contribution is -0.604. The van der Waals surface area contributed by atoms with Crippen LogP contribution in [0, 0.1) is 5.21 Å². The first-order valence-electron chi connectivity index (χ1n) is 2.11. The quantitative estimate of drug-likeness (QED) is 0.249. The number of halogens is 2. The first kappa shape index (κ1) is 6.58. The van der Waals surface area contributed by atoms with Gasteiger partial charge in [-0.05, 0) is 16.6 Å². The molecule has 0 unspecified atom stereocenters. The van der Waals surface area contributed by atoms with Gasteiger partial charge in [-0.1, -0.05) is 0 Å². The van der Waals surface area contributed by atoms with Crippen molar-refractivity contribution in [2.45, 2.75) is 0 Å². The summed E-state index contributed by atoms with van der Waals surface area (Å²) in [5.41, 5.74) is 0. The van der Waals surface area contributed by atoms with Crippen molar-refractivity contribution >= 4 is 23.2 Å². The van der Waals surface area contributed by atoms with E-state index >= 15 is 0 Å². The van der Waals surface area contributed by atoms with Gasteiger partial charge in [0.1, 0.15) is 6.20 Å². The minimum atomic E-state index is -0.164. The van der Waals surface area contributed by atoms with Crippen molar-refractivity contribution < 1.29 is 4.73 Å². The third-order valence-electron chi connectivity index (χ3n) is 0.755. The maximum absolute atomic E-state index is 10.6. The third-order valence-corrected chi connectivity index (χ3v) is 1.29. The third kappa shape index (κ3) is 1.23. The maximum atomic E-state index is 10.6. The fraction of sp³-hybridized carbons (Fsp3) is 0. The molecule has 9 heavy (non-hydrogen) atoms. The Kier molecular flexibility index (Phi) is 1.73. The first-order valence-corrected chi connectivity index (χ1v) is 2.87. The summed E-state index contributed by atoms with van der Waals surface area (Å²) in [5.74, 6) is 0. The van der Waals surface area contributed by atoms with Crippen LogP contribution in [0.15, 0.2) is 12.3 Å². The lowest BCUT2D eigenvalue weighted by atomic mass is 10.7. The molecule has 0 bridgehead atoms. The molecule has 0 atom stereocenters. The molecule has 0 fully saturated rings. The second-order valence-corrected chi connectivity index (χ2v) is 2.06. The van der Waals surface area contributed by atoms with E-state index in [0.717, 1.165) is 0 Å². The van der Waals surface area contributed by atoms with Gasteiger partial charge in [0.05, 0.1) is 0 Å². The van der Waals surface area contributed by atoms with Crippen molar-refractivity contribution in [3.8, 4) is 0 Å². The van der Waals surface area contributed by atoms with E-state index in [0.29, 0.717) is 4.73 Å². The van der Waals surface area contributed by atoms with E-state index in [4.69, 9.17) is 23.2 Å². The predicted molar refractivity (Wildman–Crippen MR) is 33.2 cm³/mol. The zero-order chi connectivity index (χ0) is 6.85. The van der Waals surface area contributed by atoms with Crippen LogP contribution in [0.5, 0.6) is 0 Å².